The number of hydrogen-bond acceptors (Lipinski definition) is 3. The minimum Gasteiger partial charge on any atom is -0.379 e. The second-order valence-corrected chi connectivity index (χ2v) is 4.86. The molecule has 0 amide bonds. The van der Waals surface area contributed by atoms with Crippen LogP contribution in [0.1, 0.15) is 10.4 Å². The van der Waals surface area contributed by atoms with Gasteiger partial charge >= 0.3 is 0 Å². The van der Waals surface area contributed by atoms with Gasteiger partial charge in [0.1, 0.15) is 0 Å². The number of benzene rings is 1. The van der Waals surface area contributed by atoms with Gasteiger partial charge in [0.2, 0.25) is 0 Å². The van der Waals surface area contributed by atoms with Gasteiger partial charge in [-0.1, -0.05) is 11.6 Å². The topological polar surface area (TPSA) is 26.3 Å². The van der Waals surface area contributed by atoms with Gasteiger partial charge in [0, 0.05) is 15.5 Å². The Hall–Kier alpha value is -0.510. The summed E-state index contributed by atoms with van der Waals surface area (Å²) in [6, 6.07) is 5.30. The van der Waals surface area contributed by atoms with Crippen LogP contribution in [0.2, 0.25) is 5.02 Å². The predicted molar refractivity (Wildman–Crippen MR) is 57.3 cm³/mol. The molecule has 0 atom stereocenters. The highest BCUT2D eigenvalue weighted by Crippen LogP contribution is 2.31. The monoisotopic (exact) mass is 228 g/mol. The zero-order valence-electron chi connectivity index (χ0n) is 7.40. The molecule has 2 rings (SSSR count). The third-order valence-corrected chi connectivity index (χ3v) is 3.45. The molecule has 0 N–H and O–H groups in total. The van der Waals surface area contributed by atoms with E-state index in [1.54, 1.807) is 23.9 Å². The van der Waals surface area contributed by atoms with Gasteiger partial charge in [-0.15, -0.1) is 11.8 Å². The highest BCUT2D eigenvalue weighted by atomic mass is 35.5. The summed E-state index contributed by atoms with van der Waals surface area (Å²) in [6.07, 6.45) is 0.859. The van der Waals surface area contributed by atoms with Gasteiger partial charge in [-0.25, -0.2) is 0 Å². The van der Waals surface area contributed by atoms with Crippen molar-refractivity contribution in [1.29, 1.82) is 0 Å². The second kappa shape index (κ2) is 4.34. The van der Waals surface area contributed by atoms with Crippen LogP contribution < -0.4 is 0 Å². The Morgan fingerprint density at radius 1 is 1.50 bits per heavy atom. The first-order valence-corrected chi connectivity index (χ1v) is 5.54. The van der Waals surface area contributed by atoms with Crippen LogP contribution in [0.15, 0.2) is 23.1 Å². The SMILES string of the molecule is O=Cc1ccc(Cl)cc1SC1COC1. The molecule has 2 nitrogen and oxygen atoms in total. The number of hydrogen-bond donors (Lipinski definition) is 0. The lowest BCUT2D eigenvalue weighted by atomic mass is 10.2. The summed E-state index contributed by atoms with van der Waals surface area (Å²) in [6.45, 7) is 1.52. The highest BCUT2D eigenvalue weighted by molar-refractivity contribution is 8.00. The Kier molecular flexibility index (Phi) is 3.11. The van der Waals surface area contributed by atoms with Crippen molar-refractivity contribution in [1.82, 2.24) is 0 Å². The van der Waals surface area contributed by atoms with E-state index in [0.29, 0.717) is 15.8 Å². The van der Waals surface area contributed by atoms with Crippen LogP contribution >= 0.6 is 23.4 Å². The number of aldehydes is 1. The molecule has 0 spiro atoms. The number of ether oxygens (including phenoxy) is 1. The zero-order valence-corrected chi connectivity index (χ0v) is 8.98. The number of carbonyl (C=O) groups excluding carboxylic acids is 1. The second-order valence-electron chi connectivity index (χ2n) is 3.08. The molecule has 74 valence electrons. The van der Waals surface area contributed by atoms with E-state index >= 15 is 0 Å². The summed E-state index contributed by atoms with van der Waals surface area (Å²) in [5, 5.41) is 1.13. The average Bonchev–Trinajstić information content (AvgIpc) is 2.12. The summed E-state index contributed by atoms with van der Waals surface area (Å²) in [7, 11) is 0. The Labute approximate surface area is 91.6 Å². The molecule has 0 radical (unpaired) electrons. The molecule has 1 fully saturated rings. The summed E-state index contributed by atoms with van der Waals surface area (Å²) in [4.78, 5) is 11.7. The normalized spacial score (nSPS) is 16.4. The van der Waals surface area contributed by atoms with E-state index in [2.05, 4.69) is 0 Å². The van der Waals surface area contributed by atoms with Crippen molar-refractivity contribution >= 4 is 29.6 Å². The van der Waals surface area contributed by atoms with Crippen LogP contribution in [-0.4, -0.2) is 24.7 Å². The van der Waals surface area contributed by atoms with Gasteiger partial charge in [0.25, 0.3) is 0 Å². The first-order chi connectivity index (χ1) is 6.79. The van der Waals surface area contributed by atoms with E-state index in [9.17, 15) is 4.79 Å². The summed E-state index contributed by atoms with van der Waals surface area (Å²) >= 11 is 7.51. The Morgan fingerprint density at radius 2 is 2.29 bits per heavy atom. The van der Waals surface area contributed by atoms with Crippen LogP contribution in [0.5, 0.6) is 0 Å². The molecule has 1 saturated heterocycles. The average molecular weight is 229 g/mol. The largest absolute Gasteiger partial charge is 0.379 e. The molecule has 4 heteroatoms. The van der Waals surface area contributed by atoms with E-state index in [1.165, 1.54) is 0 Å². The Balaban J connectivity index is 2.19. The van der Waals surface area contributed by atoms with E-state index in [0.717, 1.165) is 24.4 Å². The van der Waals surface area contributed by atoms with Crippen molar-refractivity contribution in [2.75, 3.05) is 13.2 Å². The van der Waals surface area contributed by atoms with Crippen LogP contribution in [-0.2, 0) is 4.74 Å². The number of rotatable bonds is 3. The summed E-state index contributed by atoms with van der Waals surface area (Å²) in [5.41, 5.74) is 0.700. The molecule has 1 aliphatic heterocycles. The van der Waals surface area contributed by atoms with Crippen LogP contribution in [0.3, 0.4) is 0 Å². The van der Waals surface area contributed by atoms with Gasteiger partial charge < -0.3 is 4.74 Å². The first kappa shape index (κ1) is 10.0. The van der Waals surface area contributed by atoms with E-state index in [-0.39, 0.29) is 0 Å². The van der Waals surface area contributed by atoms with E-state index in [1.807, 2.05) is 6.07 Å². The summed E-state index contributed by atoms with van der Waals surface area (Å²) < 4.78 is 5.07. The third kappa shape index (κ3) is 2.11. The number of carbonyl (C=O) groups is 1. The van der Waals surface area contributed by atoms with Crippen molar-refractivity contribution in [2.24, 2.45) is 0 Å². The fourth-order valence-electron chi connectivity index (χ4n) is 1.17. The lowest BCUT2D eigenvalue weighted by Crippen LogP contribution is -2.30. The van der Waals surface area contributed by atoms with Gasteiger partial charge in [-0.3, -0.25) is 4.79 Å². The number of thioether (sulfide) groups is 1. The van der Waals surface area contributed by atoms with Gasteiger partial charge in [0.15, 0.2) is 6.29 Å². The zero-order chi connectivity index (χ0) is 9.97. The molecule has 0 bridgehead atoms. The summed E-state index contributed by atoms with van der Waals surface area (Å²) in [5.74, 6) is 0. The molecular weight excluding hydrogens is 220 g/mol. The maximum Gasteiger partial charge on any atom is 0.151 e. The molecule has 14 heavy (non-hydrogen) atoms. The molecule has 0 aromatic heterocycles. The number of halogens is 1. The van der Waals surface area contributed by atoms with Crippen LogP contribution in [0.25, 0.3) is 0 Å². The van der Waals surface area contributed by atoms with Crippen LogP contribution in [0, 0.1) is 0 Å². The molecule has 1 aromatic carbocycles. The molecular formula is C10H9ClO2S. The first-order valence-electron chi connectivity index (χ1n) is 4.29. The van der Waals surface area contributed by atoms with E-state index in [4.69, 9.17) is 16.3 Å². The van der Waals surface area contributed by atoms with Gasteiger partial charge in [0.05, 0.1) is 18.5 Å². The molecule has 1 aromatic rings. The van der Waals surface area contributed by atoms with Crippen molar-refractivity contribution in [3.63, 3.8) is 0 Å². The van der Waals surface area contributed by atoms with Crippen LogP contribution in [0.4, 0.5) is 0 Å². The molecule has 1 aliphatic rings. The molecule has 0 aliphatic carbocycles. The molecule has 1 heterocycles. The quantitative estimate of drug-likeness (QED) is 0.744. The fraction of sp³-hybridized carbons (Fsp3) is 0.300. The van der Waals surface area contributed by atoms with E-state index < -0.39 is 0 Å². The minimum absolute atomic E-state index is 0.465. The lowest BCUT2D eigenvalue weighted by Gasteiger charge is -2.25. The third-order valence-electron chi connectivity index (χ3n) is 2.00. The molecule has 0 unspecified atom stereocenters. The molecule has 0 saturated carbocycles. The van der Waals surface area contributed by atoms with Gasteiger partial charge in [-0.2, -0.15) is 0 Å². The Morgan fingerprint density at radius 3 is 2.86 bits per heavy atom. The van der Waals surface area contributed by atoms with Crippen molar-refractivity contribution in [3.05, 3.63) is 28.8 Å². The maximum absolute atomic E-state index is 10.7. The maximum atomic E-state index is 10.7. The van der Waals surface area contributed by atoms with Crippen molar-refractivity contribution in [3.8, 4) is 0 Å². The fourth-order valence-corrected chi connectivity index (χ4v) is 2.54. The van der Waals surface area contributed by atoms with Crippen molar-refractivity contribution < 1.29 is 9.53 Å². The standard InChI is InChI=1S/C10H9ClO2S/c11-8-2-1-7(4-12)10(3-8)14-9-5-13-6-9/h1-4,9H,5-6H2. The Bertz CT molecular complexity index is 350. The minimum atomic E-state index is 0.465. The highest BCUT2D eigenvalue weighted by Gasteiger charge is 2.20. The van der Waals surface area contributed by atoms with Crippen molar-refractivity contribution in [2.45, 2.75) is 10.1 Å². The smallest absolute Gasteiger partial charge is 0.151 e. The lowest BCUT2D eigenvalue weighted by molar-refractivity contribution is 0.0455. The van der Waals surface area contributed by atoms with Gasteiger partial charge in [-0.05, 0) is 18.2 Å². The predicted octanol–water partition coefficient (Wildman–Crippen LogP) is 2.64.